The number of nitrogens with zero attached hydrogens (tertiary/aromatic N) is 1. The van der Waals surface area contributed by atoms with Crippen LogP contribution in [0.15, 0.2) is 53.6 Å². The first kappa shape index (κ1) is 14.8. The van der Waals surface area contributed by atoms with E-state index in [4.69, 9.17) is 0 Å². The van der Waals surface area contributed by atoms with Crippen molar-refractivity contribution in [1.82, 2.24) is 10.4 Å². The molecule has 0 atom stereocenters. The molecule has 1 heterocycles. The van der Waals surface area contributed by atoms with Crippen molar-refractivity contribution < 1.29 is 4.79 Å². The van der Waals surface area contributed by atoms with Crippen LogP contribution in [0.4, 0.5) is 0 Å². The third-order valence-corrected chi connectivity index (χ3v) is 4.16. The number of hydrogen-bond donors (Lipinski definition) is 2. The van der Waals surface area contributed by atoms with Crippen LogP contribution in [0, 0.1) is 10.5 Å². The number of benzene rings is 2. The predicted molar refractivity (Wildman–Crippen MR) is 97.3 cm³/mol. The van der Waals surface area contributed by atoms with Crippen molar-refractivity contribution in [1.29, 1.82) is 0 Å². The minimum atomic E-state index is -0.240. The summed E-state index contributed by atoms with van der Waals surface area (Å²) in [7, 11) is 0. The average molecular weight is 403 g/mol. The fourth-order valence-corrected chi connectivity index (χ4v) is 2.64. The minimum absolute atomic E-state index is 0.240. The van der Waals surface area contributed by atoms with Gasteiger partial charge in [0, 0.05) is 14.5 Å². The Bertz CT molecular complexity index is 850. The fraction of sp³-hybridized carbons (Fsp3) is 0.0588. The molecule has 0 radical (unpaired) electrons. The van der Waals surface area contributed by atoms with Crippen molar-refractivity contribution in [3.8, 4) is 0 Å². The molecule has 0 spiro atoms. The highest BCUT2D eigenvalue weighted by Gasteiger charge is 2.13. The van der Waals surface area contributed by atoms with Crippen molar-refractivity contribution >= 4 is 45.6 Å². The third-order valence-electron chi connectivity index (χ3n) is 3.44. The average Bonchev–Trinajstić information content (AvgIpc) is 2.87. The Hall–Kier alpha value is -2.15. The van der Waals surface area contributed by atoms with Crippen LogP contribution in [-0.4, -0.2) is 17.1 Å². The van der Waals surface area contributed by atoms with Gasteiger partial charge in [-0.05, 0) is 58.8 Å². The smallest absolute Gasteiger partial charge is 0.288 e. The minimum Gasteiger partial charge on any atom is -0.350 e. The first-order chi connectivity index (χ1) is 10.6. The van der Waals surface area contributed by atoms with E-state index in [1.807, 2.05) is 55.5 Å². The highest BCUT2D eigenvalue weighted by atomic mass is 127. The molecule has 0 aliphatic rings. The van der Waals surface area contributed by atoms with Crippen molar-refractivity contribution in [2.45, 2.75) is 6.92 Å². The number of para-hydroxylation sites is 1. The summed E-state index contributed by atoms with van der Waals surface area (Å²) in [6.07, 6.45) is 1.63. The molecule has 22 heavy (non-hydrogen) atoms. The van der Waals surface area contributed by atoms with Crippen LogP contribution in [0.3, 0.4) is 0 Å². The highest BCUT2D eigenvalue weighted by Crippen LogP contribution is 2.21. The molecule has 1 aromatic heterocycles. The van der Waals surface area contributed by atoms with Crippen molar-refractivity contribution in [3.05, 3.63) is 68.9 Å². The number of H-pyrrole nitrogens is 1. The van der Waals surface area contributed by atoms with Crippen LogP contribution in [-0.2, 0) is 0 Å². The molecule has 1 amide bonds. The lowest BCUT2D eigenvalue weighted by Gasteiger charge is -1.99. The Morgan fingerprint density at radius 2 is 1.91 bits per heavy atom. The van der Waals surface area contributed by atoms with E-state index in [0.717, 1.165) is 25.6 Å². The normalized spacial score (nSPS) is 11.2. The molecule has 3 aromatic rings. The second kappa shape index (κ2) is 6.31. The molecular weight excluding hydrogens is 389 g/mol. The summed E-state index contributed by atoms with van der Waals surface area (Å²) < 4.78 is 1.16. The van der Waals surface area contributed by atoms with E-state index in [-0.39, 0.29) is 5.91 Å². The molecule has 110 valence electrons. The Kier molecular flexibility index (Phi) is 4.24. The van der Waals surface area contributed by atoms with Crippen molar-refractivity contribution in [3.63, 3.8) is 0 Å². The summed E-state index contributed by atoms with van der Waals surface area (Å²) in [5.41, 5.74) is 5.92. The third kappa shape index (κ3) is 3.04. The van der Waals surface area contributed by atoms with Gasteiger partial charge in [0.2, 0.25) is 0 Å². The zero-order chi connectivity index (χ0) is 15.5. The van der Waals surface area contributed by atoms with Crippen LogP contribution in [0.2, 0.25) is 0 Å². The number of aryl methyl sites for hydroxylation is 1. The lowest BCUT2D eigenvalue weighted by Crippen LogP contribution is -2.18. The second-order valence-electron chi connectivity index (χ2n) is 4.92. The summed E-state index contributed by atoms with van der Waals surface area (Å²) in [5.74, 6) is -0.240. The molecule has 0 saturated carbocycles. The van der Waals surface area contributed by atoms with Gasteiger partial charge in [-0.1, -0.05) is 30.3 Å². The van der Waals surface area contributed by atoms with Crippen LogP contribution in [0.1, 0.15) is 21.6 Å². The number of hydrazone groups is 1. The van der Waals surface area contributed by atoms with E-state index < -0.39 is 0 Å². The summed E-state index contributed by atoms with van der Waals surface area (Å²) in [5, 5.41) is 5.06. The Morgan fingerprint density at radius 3 is 2.64 bits per heavy atom. The van der Waals surface area contributed by atoms with Gasteiger partial charge in [0.05, 0.1) is 6.21 Å². The molecule has 0 bridgehead atoms. The maximum atomic E-state index is 12.2. The van der Waals surface area contributed by atoms with Crippen LogP contribution in [0.5, 0.6) is 0 Å². The van der Waals surface area contributed by atoms with Crippen LogP contribution >= 0.6 is 22.6 Å². The lowest BCUT2D eigenvalue weighted by atomic mass is 10.1. The lowest BCUT2D eigenvalue weighted by molar-refractivity contribution is 0.0950. The number of fused-ring (bicyclic) bond motifs is 1. The van der Waals surface area contributed by atoms with Crippen LogP contribution in [0.25, 0.3) is 10.9 Å². The zero-order valence-electron chi connectivity index (χ0n) is 11.9. The SMILES string of the molecule is Cc1c(C(=O)NN=Cc2ccc(I)cc2)[nH]c2ccccc12. The molecule has 2 N–H and O–H groups in total. The van der Waals surface area contributed by atoms with Gasteiger partial charge in [0.1, 0.15) is 5.69 Å². The van der Waals surface area contributed by atoms with Gasteiger partial charge < -0.3 is 4.98 Å². The largest absolute Gasteiger partial charge is 0.350 e. The quantitative estimate of drug-likeness (QED) is 0.390. The first-order valence-corrected chi connectivity index (χ1v) is 7.89. The number of rotatable bonds is 3. The van der Waals surface area contributed by atoms with E-state index in [1.54, 1.807) is 6.21 Å². The molecule has 0 aliphatic heterocycles. The van der Waals surface area contributed by atoms with Crippen molar-refractivity contribution in [2.24, 2.45) is 5.10 Å². The van der Waals surface area contributed by atoms with Gasteiger partial charge in [-0.3, -0.25) is 4.79 Å². The topological polar surface area (TPSA) is 57.2 Å². The van der Waals surface area contributed by atoms with E-state index in [9.17, 15) is 4.79 Å². The van der Waals surface area contributed by atoms with Gasteiger partial charge in [0.25, 0.3) is 5.91 Å². The van der Waals surface area contributed by atoms with Gasteiger partial charge in [-0.2, -0.15) is 5.10 Å². The van der Waals surface area contributed by atoms with Crippen LogP contribution < -0.4 is 5.43 Å². The predicted octanol–water partition coefficient (Wildman–Crippen LogP) is 3.84. The van der Waals surface area contributed by atoms with Gasteiger partial charge >= 0.3 is 0 Å². The molecule has 4 nitrogen and oxygen atoms in total. The number of carbonyl (C=O) groups excluding carboxylic acids is 1. The number of aromatic nitrogens is 1. The molecule has 0 aliphatic carbocycles. The molecule has 0 saturated heterocycles. The van der Waals surface area contributed by atoms with E-state index in [0.29, 0.717) is 5.69 Å². The summed E-state index contributed by atoms with van der Waals surface area (Å²) >= 11 is 2.24. The number of nitrogens with one attached hydrogen (secondary N) is 2. The first-order valence-electron chi connectivity index (χ1n) is 6.81. The number of carbonyl (C=O) groups is 1. The number of hydrogen-bond acceptors (Lipinski definition) is 2. The molecule has 3 rings (SSSR count). The fourth-order valence-electron chi connectivity index (χ4n) is 2.28. The second-order valence-corrected chi connectivity index (χ2v) is 6.17. The monoisotopic (exact) mass is 403 g/mol. The van der Waals surface area contributed by atoms with Gasteiger partial charge in [-0.25, -0.2) is 5.43 Å². The van der Waals surface area contributed by atoms with Crippen molar-refractivity contribution in [2.75, 3.05) is 0 Å². The number of halogens is 1. The number of amides is 1. The van der Waals surface area contributed by atoms with E-state index in [1.165, 1.54) is 0 Å². The maximum Gasteiger partial charge on any atom is 0.288 e. The molecular formula is C17H14IN3O. The van der Waals surface area contributed by atoms with E-state index >= 15 is 0 Å². The Labute approximate surface area is 141 Å². The summed E-state index contributed by atoms with van der Waals surface area (Å²) in [4.78, 5) is 15.4. The zero-order valence-corrected chi connectivity index (χ0v) is 14.1. The van der Waals surface area contributed by atoms with E-state index in [2.05, 4.69) is 38.1 Å². The molecule has 0 unspecified atom stereocenters. The summed E-state index contributed by atoms with van der Waals surface area (Å²) in [6, 6.07) is 15.7. The highest BCUT2D eigenvalue weighted by molar-refractivity contribution is 14.1. The molecule has 5 heteroatoms. The van der Waals surface area contributed by atoms with Gasteiger partial charge in [0.15, 0.2) is 0 Å². The maximum absolute atomic E-state index is 12.2. The Balaban J connectivity index is 1.76. The molecule has 0 fully saturated rings. The standard InChI is InChI=1S/C17H14IN3O/c1-11-14-4-2-3-5-15(14)20-16(11)17(22)21-19-10-12-6-8-13(18)9-7-12/h2-10,20H,1H3,(H,21,22). The Morgan fingerprint density at radius 1 is 1.18 bits per heavy atom. The number of aromatic amines is 1. The van der Waals surface area contributed by atoms with Gasteiger partial charge in [-0.15, -0.1) is 0 Å². The molecule has 2 aromatic carbocycles. The summed E-state index contributed by atoms with van der Waals surface area (Å²) in [6.45, 7) is 1.93.